The maximum Gasteiger partial charge on any atom is 0.338 e. The molecule has 5 rings (SSSR count). The number of hydrazine groups is 1. The number of esters is 1. The molecule has 4 aromatic rings. The van der Waals surface area contributed by atoms with Gasteiger partial charge in [0.25, 0.3) is 5.91 Å². The van der Waals surface area contributed by atoms with Crippen molar-refractivity contribution in [2.24, 2.45) is 5.84 Å². The van der Waals surface area contributed by atoms with Gasteiger partial charge in [-0.2, -0.15) is 4.80 Å². The van der Waals surface area contributed by atoms with E-state index in [0.29, 0.717) is 23.6 Å². The largest absolute Gasteiger partial charge is 0.461 e. The summed E-state index contributed by atoms with van der Waals surface area (Å²) in [5.41, 5.74) is 5.13. The lowest BCUT2D eigenvalue weighted by Crippen LogP contribution is -2.33. The fraction of sp³-hybridized carbons (Fsp3) is 0.136. The third-order valence-corrected chi connectivity index (χ3v) is 4.71. The number of fused-ring (bicyclic) bond motifs is 1. The molecule has 1 amide bonds. The maximum absolute atomic E-state index is 12.7. The zero-order valence-corrected chi connectivity index (χ0v) is 17.5. The van der Waals surface area contributed by atoms with E-state index in [1.807, 2.05) is 36.6 Å². The van der Waals surface area contributed by atoms with E-state index < -0.39 is 5.91 Å². The molecule has 168 valence electrons. The van der Waals surface area contributed by atoms with Crippen LogP contribution in [-0.2, 0) is 22.7 Å². The van der Waals surface area contributed by atoms with Crippen LogP contribution in [0.1, 0.15) is 21.7 Å². The number of tetrazole rings is 1. The normalized spacial score (nSPS) is 11.9. The van der Waals surface area contributed by atoms with Crippen LogP contribution in [0.3, 0.4) is 0 Å². The molecule has 0 fully saturated rings. The van der Waals surface area contributed by atoms with E-state index in [9.17, 15) is 14.0 Å². The predicted molar refractivity (Wildman–Crippen MR) is 114 cm³/mol. The highest BCUT2D eigenvalue weighted by atomic mass is 19.1. The summed E-state index contributed by atoms with van der Waals surface area (Å²) in [6.07, 6.45) is 0. The molecule has 1 aliphatic heterocycles. The summed E-state index contributed by atoms with van der Waals surface area (Å²) in [5.74, 6) is 5.92. The molecule has 1 aliphatic rings. The molecular weight excluding hydrogens is 431 g/mol. The smallest absolute Gasteiger partial charge is 0.338 e. The summed E-state index contributed by atoms with van der Waals surface area (Å²) >= 11 is 0. The van der Waals surface area contributed by atoms with Gasteiger partial charge in [-0.15, -0.1) is 10.2 Å². The van der Waals surface area contributed by atoms with Crippen LogP contribution >= 0.6 is 0 Å². The Labute approximate surface area is 187 Å². The number of aromatic nitrogens is 4. The molecule has 0 atom stereocenters. The van der Waals surface area contributed by atoms with Gasteiger partial charge in [0, 0.05) is 16.7 Å². The number of nitrogens with zero attached hydrogens (tertiary/aromatic N) is 4. The monoisotopic (exact) mass is 450 g/mol. The Morgan fingerprint density at radius 3 is 2.61 bits per heavy atom. The van der Waals surface area contributed by atoms with Gasteiger partial charge in [0.05, 0.1) is 5.56 Å². The van der Waals surface area contributed by atoms with Crippen molar-refractivity contribution in [3.8, 4) is 22.7 Å². The number of nitrogens with one attached hydrogen (secondary N) is 1. The molecular formula is C22H19FN6O4. The first-order valence-corrected chi connectivity index (χ1v) is 9.83. The summed E-state index contributed by atoms with van der Waals surface area (Å²) in [6.45, 7) is 2.15. The van der Waals surface area contributed by atoms with Crippen molar-refractivity contribution < 1.29 is 23.1 Å². The van der Waals surface area contributed by atoms with Crippen LogP contribution < -0.4 is 11.3 Å². The van der Waals surface area contributed by atoms with Gasteiger partial charge in [-0.3, -0.25) is 10.2 Å². The lowest BCUT2D eigenvalue weighted by molar-refractivity contribution is -0.122. The molecule has 3 N–H and O–H groups in total. The number of hydrogen-bond acceptors (Lipinski definition) is 8. The number of amides is 1. The SMILES string of the molecule is Cc1ccc(-c2ccc3c(c2)COC3=O)o1.NNC(=O)Cn1nnc(-c2ccc(F)cc2)n1. The maximum atomic E-state index is 12.7. The Morgan fingerprint density at radius 2 is 1.91 bits per heavy atom. The number of furan rings is 1. The second-order valence-corrected chi connectivity index (χ2v) is 7.08. The molecule has 2 aromatic heterocycles. The van der Waals surface area contributed by atoms with Gasteiger partial charge >= 0.3 is 5.97 Å². The minimum Gasteiger partial charge on any atom is -0.461 e. The van der Waals surface area contributed by atoms with Crippen LogP contribution in [0.2, 0.25) is 0 Å². The van der Waals surface area contributed by atoms with Crippen molar-refractivity contribution in [2.75, 3.05) is 0 Å². The van der Waals surface area contributed by atoms with E-state index in [2.05, 4.69) is 15.4 Å². The average Bonchev–Trinajstić information content (AvgIpc) is 3.55. The number of halogens is 1. The summed E-state index contributed by atoms with van der Waals surface area (Å²) in [4.78, 5) is 23.3. The highest BCUT2D eigenvalue weighted by Crippen LogP contribution is 2.28. The number of cyclic esters (lactones) is 1. The Hall–Kier alpha value is -4.38. The predicted octanol–water partition coefficient (Wildman–Crippen LogP) is 2.39. The number of ether oxygens (including phenoxy) is 1. The van der Waals surface area contributed by atoms with Crippen LogP contribution in [0, 0.1) is 12.7 Å². The van der Waals surface area contributed by atoms with Crippen molar-refractivity contribution in [3.63, 3.8) is 0 Å². The number of nitrogens with two attached hydrogens (primary N) is 1. The molecule has 0 saturated carbocycles. The number of rotatable bonds is 4. The Kier molecular flexibility index (Phi) is 6.22. The molecule has 0 spiro atoms. The fourth-order valence-corrected chi connectivity index (χ4v) is 3.08. The van der Waals surface area contributed by atoms with Crippen molar-refractivity contribution in [3.05, 3.63) is 77.3 Å². The molecule has 0 aliphatic carbocycles. The molecule has 0 radical (unpaired) electrons. The first-order valence-electron chi connectivity index (χ1n) is 9.83. The van der Waals surface area contributed by atoms with Gasteiger partial charge < -0.3 is 9.15 Å². The number of carbonyl (C=O) groups excluding carboxylic acids is 2. The van der Waals surface area contributed by atoms with E-state index >= 15 is 0 Å². The Balaban J connectivity index is 0.000000157. The number of hydrogen-bond donors (Lipinski definition) is 2. The molecule has 0 unspecified atom stereocenters. The summed E-state index contributed by atoms with van der Waals surface area (Å²) < 4.78 is 23.2. The summed E-state index contributed by atoms with van der Waals surface area (Å²) in [7, 11) is 0. The number of benzene rings is 2. The molecule has 3 heterocycles. The van der Waals surface area contributed by atoms with Crippen molar-refractivity contribution >= 4 is 11.9 Å². The fourth-order valence-electron chi connectivity index (χ4n) is 3.08. The molecule has 0 saturated heterocycles. The Bertz CT molecular complexity index is 1300. The van der Waals surface area contributed by atoms with Crippen LogP contribution in [0.25, 0.3) is 22.7 Å². The standard InChI is InChI=1S/C13H10O3.C9H9FN6O/c1-8-2-5-12(16-8)9-3-4-11-10(6-9)7-15-13(11)14;10-7-3-1-6(2-4-7)9-13-15-16(14-9)5-8(17)12-11/h2-6H,7H2,1H3;1-4H,5,11H2,(H,12,17). The Morgan fingerprint density at radius 1 is 1.15 bits per heavy atom. The van der Waals surface area contributed by atoms with Gasteiger partial charge in [0.1, 0.15) is 30.5 Å². The first kappa shape index (κ1) is 21.8. The molecule has 11 heteroatoms. The summed E-state index contributed by atoms with van der Waals surface area (Å²) in [6, 6.07) is 15.1. The highest BCUT2D eigenvalue weighted by molar-refractivity contribution is 5.94. The van der Waals surface area contributed by atoms with Gasteiger partial charge in [-0.25, -0.2) is 15.0 Å². The second kappa shape index (κ2) is 9.40. The quantitative estimate of drug-likeness (QED) is 0.209. The van der Waals surface area contributed by atoms with Gasteiger partial charge in [-0.1, -0.05) is 6.07 Å². The zero-order valence-electron chi connectivity index (χ0n) is 17.5. The van der Waals surface area contributed by atoms with E-state index in [1.54, 1.807) is 6.07 Å². The lowest BCUT2D eigenvalue weighted by atomic mass is 10.0. The minimum atomic E-state index is -0.437. The van der Waals surface area contributed by atoms with Gasteiger partial charge in [0.2, 0.25) is 5.82 Å². The topological polar surface area (TPSA) is 138 Å². The molecule has 2 aromatic carbocycles. The van der Waals surface area contributed by atoms with E-state index in [0.717, 1.165) is 27.4 Å². The summed E-state index contributed by atoms with van der Waals surface area (Å²) in [5, 5.41) is 11.4. The van der Waals surface area contributed by atoms with Crippen molar-refractivity contribution in [2.45, 2.75) is 20.1 Å². The van der Waals surface area contributed by atoms with Gasteiger partial charge in [0.15, 0.2) is 0 Å². The average molecular weight is 450 g/mol. The van der Waals surface area contributed by atoms with Gasteiger partial charge in [-0.05, 0) is 60.7 Å². The van der Waals surface area contributed by atoms with Crippen LogP contribution in [-0.4, -0.2) is 32.1 Å². The van der Waals surface area contributed by atoms with E-state index in [1.165, 1.54) is 24.3 Å². The highest BCUT2D eigenvalue weighted by Gasteiger charge is 2.21. The molecule has 0 bridgehead atoms. The van der Waals surface area contributed by atoms with E-state index in [4.69, 9.17) is 15.0 Å². The molecule has 10 nitrogen and oxygen atoms in total. The van der Waals surface area contributed by atoms with Crippen molar-refractivity contribution in [1.29, 1.82) is 0 Å². The number of carbonyl (C=O) groups is 2. The second-order valence-electron chi connectivity index (χ2n) is 7.08. The minimum absolute atomic E-state index is 0.120. The van der Waals surface area contributed by atoms with Crippen LogP contribution in [0.4, 0.5) is 4.39 Å². The number of aryl methyl sites for hydroxylation is 1. The third kappa shape index (κ3) is 5.10. The van der Waals surface area contributed by atoms with Crippen LogP contribution in [0.15, 0.2) is 59.0 Å². The molecule has 33 heavy (non-hydrogen) atoms. The lowest BCUT2D eigenvalue weighted by Gasteiger charge is -1.99. The van der Waals surface area contributed by atoms with E-state index in [-0.39, 0.29) is 18.3 Å². The third-order valence-electron chi connectivity index (χ3n) is 4.71. The zero-order chi connectivity index (χ0) is 23.4. The van der Waals surface area contributed by atoms with Crippen LogP contribution in [0.5, 0.6) is 0 Å². The van der Waals surface area contributed by atoms with Crippen molar-refractivity contribution in [1.82, 2.24) is 25.6 Å². The first-order chi connectivity index (χ1) is 15.9.